The maximum absolute atomic E-state index is 5.40. The van der Waals surface area contributed by atoms with Gasteiger partial charge in [-0.05, 0) is 21.4 Å². The minimum absolute atomic E-state index is 0.682. The Balaban J connectivity index is 2.85. The van der Waals surface area contributed by atoms with Crippen LogP contribution >= 0.6 is 55.0 Å². The third-order valence-electron chi connectivity index (χ3n) is 0.577. The topological polar surface area (TPSA) is 25.8 Å². The van der Waals surface area contributed by atoms with Crippen molar-refractivity contribution >= 4 is 55.0 Å². The normalized spacial score (nSPS) is 10.0. The molecule has 0 unspecified atom stereocenters. The second kappa shape index (κ2) is 3.88. The van der Waals surface area contributed by atoms with Gasteiger partial charge in [0.05, 0.1) is 11.7 Å². The fraction of sp³-hybridized carbons (Fsp3) is 0. The van der Waals surface area contributed by atoms with Crippen molar-refractivity contribution in [3.05, 3.63) is 0 Å². The van der Waals surface area contributed by atoms with Gasteiger partial charge in [0.2, 0.25) is 0 Å². The Morgan fingerprint density at radius 3 is 1.89 bits per heavy atom. The molecule has 0 amide bonds. The summed E-state index contributed by atoms with van der Waals surface area (Å²) < 4.78 is 7.72. The van der Waals surface area contributed by atoms with Crippen LogP contribution in [-0.2, 0) is 0 Å². The Morgan fingerprint density at radius 1 is 1.11 bits per heavy atom. The van der Waals surface area contributed by atoms with Crippen LogP contribution in [0.15, 0.2) is 10.1 Å². The summed E-state index contributed by atoms with van der Waals surface area (Å²) in [5.41, 5.74) is 0. The third-order valence-corrected chi connectivity index (χ3v) is 3.20. The van der Waals surface area contributed by atoms with E-state index < -0.39 is 0 Å². The van der Waals surface area contributed by atoms with Gasteiger partial charge in [-0.1, -0.05) is 0 Å². The molecule has 1 rings (SSSR count). The largest absolute Gasteiger partial charge is 0.164 e. The molecule has 0 aliphatic rings. The van der Waals surface area contributed by atoms with Gasteiger partial charge in [-0.25, -0.2) is 0 Å². The molecule has 0 aromatic carbocycles. The zero-order valence-electron chi connectivity index (χ0n) is 3.88. The summed E-state index contributed by atoms with van der Waals surface area (Å²) in [5, 5.41) is 1.36. The predicted molar refractivity (Wildman–Crippen MR) is 43.3 cm³/mol. The van der Waals surface area contributed by atoms with E-state index in [9.17, 15) is 0 Å². The number of halogens is 2. The molecule has 1 heterocycles. The first kappa shape index (κ1) is 7.94. The first-order chi connectivity index (χ1) is 4.38. The summed E-state index contributed by atoms with van der Waals surface area (Å²) in [5.74, 6) is 0. The maximum atomic E-state index is 5.40. The molecule has 1 aromatic heterocycles. The van der Waals surface area contributed by atoms with E-state index in [1.54, 1.807) is 0 Å². The van der Waals surface area contributed by atoms with Crippen molar-refractivity contribution in [3.63, 3.8) is 0 Å². The smallest absolute Gasteiger partial charge is 0.161 e. The molecule has 0 bridgehead atoms. The highest BCUT2D eigenvalue weighted by Crippen LogP contribution is 2.32. The Kier molecular flexibility index (Phi) is 3.42. The average Bonchev–Trinajstić information content (AvgIpc) is 2.33. The summed E-state index contributed by atoms with van der Waals surface area (Å²) >= 11 is 1.10. The van der Waals surface area contributed by atoms with E-state index in [4.69, 9.17) is 21.4 Å². The van der Waals surface area contributed by atoms with Crippen LogP contribution in [0.5, 0.6) is 0 Å². The molecule has 1 aromatic rings. The Hall–Kier alpha value is 0.840. The molecule has 0 spiro atoms. The van der Waals surface area contributed by atoms with Gasteiger partial charge in [0.15, 0.2) is 10.1 Å². The highest BCUT2D eigenvalue weighted by atomic mass is 35.7. The van der Waals surface area contributed by atoms with E-state index in [1.165, 1.54) is 0 Å². The van der Waals surface area contributed by atoms with E-state index in [1.807, 2.05) is 0 Å². The fourth-order valence-corrected chi connectivity index (χ4v) is 2.86. The number of hydrogen-bond acceptors (Lipinski definition) is 5. The summed E-state index contributed by atoms with van der Waals surface area (Å²) in [6.45, 7) is 0. The summed E-state index contributed by atoms with van der Waals surface area (Å²) in [4.78, 5) is 0. The van der Waals surface area contributed by atoms with Crippen LogP contribution < -0.4 is 0 Å². The van der Waals surface area contributed by atoms with Crippen molar-refractivity contribution < 1.29 is 0 Å². The predicted octanol–water partition coefficient (Wildman–Crippen LogP) is 3.03. The first-order valence-electron chi connectivity index (χ1n) is 1.78. The van der Waals surface area contributed by atoms with Crippen molar-refractivity contribution in [2.45, 2.75) is 10.1 Å². The SMILES string of the molecule is ClSc1nsnc1SCl. The van der Waals surface area contributed by atoms with Crippen LogP contribution in [0.2, 0.25) is 0 Å². The van der Waals surface area contributed by atoms with Crippen LogP contribution in [0.4, 0.5) is 0 Å². The molecule has 7 heteroatoms. The number of nitrogens with zero attached hydrogens (tertiary/aromatic N) is 2. The molecule has 0 aliphatic carbocycles. The first-order valence-corrected chi connectivity index (χ1v) is 5.79. The van der Waals surface area contributed by atoms with Crippen LogP contribution in [0.3, 0.4) is 0 Å². The van der Waals surface area contributed by atoms with Crippen molar-refractivity contribution in [3.8, 4) is 0 Å². The van der Waals surface area contributed by atoms with Gasteiger partial charge in [0.1, 0.15) is 0 Å². The zero-order chi connectivity index (χ0) is 6.69. The highest BCUT2D eigenvalue weighted by Gasteiger charge is 2.05. The molecule has 0 N–H and O–H groups in total. The lowest BCUT2D eigenvalue weighted by atomic mass is 10.9. The standard InChI is InChI=1S/C2Cl2N2S3/c3-7-1-2(8-4)6-9-5-1. The van der Waals surface area contributed by atoms with Crippen LogP contribution in [0.1, 0.15) is 0 Å². The van der Waals surface area contributed by atoms with Gasteiger partial charge < -0.3 is 0 Å². The lowest BCUT2D eigenvalue weighted by Crippen LogP contribution is -1.66. The molecule has 0 fully saturated rings. The minimum atomic E-state index is 0.682. The third kappa shape index (κ3) is 1.88. The lowest BCUT2D eigenvalue weighted by Gasteiger charge is -1.83. The van der Waals surface area contributed by atoms with E-state index in [0.29, 0.717) is 10.1 Å². The van der Waals surface area contributed by atoms with Gasteiger partial charge in [-0.15, -0.1) is 0 Å². The Morgan fingerprint density at radius 2 is 1.56 bits per heavy atom. The van der Waals surface area contributed by atoms with Gasteiger partial charge in [0.25, 0.3) is 0 Å². The fourth-order valence-electron chi connectivity index (χ4n) is 0.267. The van der Waals surface area contributed by atoms with Gasteiger partial charge >= 0.3 is 0 Å². The zero-order valence-corrected chi connectivity index (χ0v) is 7.84. The second-order valence-corrected chi connectivity index (χ2v) is 3.57. The number of hydrogen-bond donors (Lipinski definition) is 0. The van der Waals surface area contributed by atoms with Crippen molar-refractivity contribution in [2.75, 3.05) is 0 Å². The van der Waals surface area contributed by atoms with E-state index in [0.717, 1.165) is 33.7 Å². The summed E-state index contributed by atoms with van der Waals surface area (Å²) in [6, 6.07) is 0. The molecule has 0 radical (unpaired) electrons. The average molecular weight is 219 g/mol. The van der Waals surface area contributed by atoms with Gasteiger partial charge in [-0.3, -0.25) is 0 Å². The summed E-state index contributed by atoms with van der Waals surface area (Å²) in [7, 11) is 12.9. The maximum Gasteiger partial charge on any atom is 0.161 e. The van der Waals surface area contributed by atoms with Gasteiger partial charge in [-0.2, -0.15) is 8.75 Å². The molecule has 0 saturated carbocycles. The number of rotatable bonds is 2. The lowest BCUT2D eigenvalue weighted by molar-refractivity contribution is 1.10. The highest BCUT2D eigenvalue weighted by molar-refractivity contribution is 8.23. The van der Waals surface area contributed by atoms with Gasteiger partial charge in [0, 0.05) is 22.0 Å². The van der Waals surface area contributed by atoms with Crippen molar-refractivity contribution in [1.29, 1.82) is 0 Å². The Labute approximate surface area is 73.7 Å². The molecule has 0 aliphatic heterocycles. The Bertz CT molecular complexity index is 171. The van der Waals surface area contributed by atoms with E-state index >= 15 is 0 Å². The van der Waals surface area contributed by atoms with Crippen LogP contribution in [0.25, 0.3) is 0 Å². The molecule has 0 saturated heterocycles. The van der Waals surface area contributed by atoms with Crippen molar-refractivity contribution in [1.82, 2.24) is 8.75 Å². The van der Waals surface area contributed by atoms with Crippen LogP contribution in [-0.4, -0.2) is 8.75 Å². The number of aromatic nitrogens is 2. The molecule has 50 valence electrons. The quantitative estimate of drug-likeness (QED) is 0.763. The molecular weight excluding hydrogens is 219 g/mol. The second-order valence-electron chi connectivity index (χ2n) is 1.03. The van der Waals surface area contributed by atoms with E-state index in [2.05, 4.69) is 8.75 Å². The molecular formula is C2Cl2N2S3. The summed E-state index contributed by atoms with van der Waals surface area (Å²) in [6.07, 6.45) is 0. The minimum Gasteiger partial charge on any atom is -0.164 e. The van der Waals surface area contributed by atoms with Crippen molar-refractivity contribution in [2.24, 2.45) is 0 Å². The monoisotopic (exact) mass is 218 g/mol. The molecule has 0 atom stereocenters. The molecule has 2 nitrogen and oxygen atoms in total. The molecule has 9 heavy (non-hydrogen) atoms. The van der Waals surface area contributed by atoms with Crippen LogP contribution in [0, 0.1) is 0 Å². The van der Waals surface area contributed by atoms with E-state index in [-0.39, 0.29) is 0 Å².